The number of rotatable bonds is 17. The second-order valence-electron chi connectivity index (χ2n) is 10.6. The molecule has 0 aliphatic heterocycles. The van der Waals surface area contributed by atoms with Crippen LogP contribution >= 0.6 is 0 Å². The van der Waals surface area contributed by atoms with E-state index < -0.39 is 18.8 Å². The summed E-state index contributed by atoms with van der Waals surface area (Å²) in [5, 5.41) is 0. The molecule has 0 heterocycles. The van der Waals surface area contributed by atoms with Crippen LogP contribution in [0.1, 0.15) is 76.0 Å². The van der Waals surface area contributed by atoms with E-state index in [4.69, 9.17) is 3.07 Å². The zero-order chi connectivity index (χ0) is 24.1. The van der Waals surface area contributed by atoms with E-state index in [0.29, 0.717) is 0 Å². The van der Waals surface area contributed by atoms with Crippen molar-refractivity contribution in [3.63, 3.8) is 0 Å². The van der Waals surface area contributed by atoms with Crippen LogP contribution in [-0.2, 0) is 19.6 Å². The Labute approximate surface area is 205 Å². The Hall–Kier alpha value is -0.301. The molecular formula is C27H53N3OSn. The van der Waals surface area contributed by atoms with Gasteiger partial charge in [0.15, 0.2) is 0 Å². The molecule has 0 saturated carbocycles. The molecule has 32 heavy (non-hydrogen) atoms. The molecule has 0 aliphatic rings. The van der Waals surface area contributed by atoms with E-state index in [0.717, 1.165) is 19.6 Å². The summed E-state index contributed by atoms with van der Waals surface area (Å²) in [7, 11) is 13.0. The quantitative estimate of drug-likeness (QED) is 0.202. The maximum atomic E-state index is 7.48. The summed E-state index contributed by atoms with van der Waals surface area (Å²) in [4.78, 5) is 6.85. The molecule has 1 aromatic rings. The van der Waals surface area contributed by atoms with Crippen LogP contribution < -0.4 is 3.07 Å². The van der Waals surface area contributed by atoms with Crippen LogP contribution in [0.5, 0.6) is 5.75 Å². The molecule has 0 bridgehead atoms. The van der Waals surface area contributed by atoms with Crippen LogP contribution in [0, 0.1) is 0 Å². The van der Waals surface area contributed by atoms with E-state index in [1.165, 1.54) is 74.3 Å². The van der Waals surface area contributed by atoms with Crippen molar-refractivity contribution in [2.75, 3.05) is 42.3 Å². The van der Waals surface area contributed by atoms with Crippen molar-refractivity contribution in [2.45, 2.75) is 92.2 Å². The van der Waals surface area contributed by atoms with Gasteiger partial charge in [-0.25, -0.2) is 0 Å². The molecule has 0 N–H and O–H groups in total. The molecule has 0 fully saturated rings. The summed E-state index contributed by atoms with van der Waals surface area (Å²) in [6.07, 6.45) is 7.81. The van der Waals surface area contributed by atoms with E-state index in [1.807, 2.05) is 0 Å². The Morgan fingerprint density at radius 3 is 1.31 bits per heavy atom. The van der Waals surface area contributed by atoms with Gasteiger partial charge in [0.1, 0.15) is 0 Å². The monoisotopic (exact) mass is 555 g/mol. The molecule has 186 valence electrons. The van der Waals surface area contributed by atoms with Crippen molar-refractivity contribution in [2.24, 2.45) is 0 Å². The number of unbranched alkanes of at least 4 members (excludes halogenated alkanes) is 3. The van der Waals surface area contributed by atoms with Crippen LogP contribution in [-0.4, -0.2) is 75.8 Å². The molecule has 1 rings (SSSR count). The van der Waals surface area contributed by atoms with Gasteiger partial charge in [0.2, 0.25) is 0 Å². The first-order valence-corrected chi connectivity index (χ1v) is 20.2. The third kappa shape index (κ3) is 10.8. The van der Waals surface area contributed by atoms with Crippen molar-refractivity contribution in [3.05, 3.63) is 28.8 Å². The van der Waals surface area contributed by atoms with E-state index in [1.54, 1.807) is 0 Å². The molecule has 0 radical (unpaired) electrons. The van der Waals surface area contributed by atoms with Gasteiger partial charge in [0, 0.05) is 0 Å². The molecule has 1 aromatic carbocycles. The first-order chi connectivity index (χ1) is 15.2. The average Bonchev–Trinajstić information content (AvgIpc) is 2.70. The number of benzene rings is 1. The van der Waals surface area contributed by atoms with Gasteiger partial charge < -0.3 is 0 Å². The van der Waals surface area contributed by atoms with Crippen molar-refractivity contribution >= 4 is 18.8 Å². The SMILES string of the molecule is CCC[CH2][Sn]([CH2]CCC)([CH2]CCC)[O]c1c(CN(C)C)cc(CN(C)C)cc1CN(C)C. The standard InChI is InChI=1S/C15H27N3O.3C4H9.Sn/c1-16(2)9-12-7-13(10-17(3)4)15(19)14(8-12)11-18(5)6;3*1-3-4-2;/h7-8,19H,9-11H2,1-6H3;3*1,3-4H2,2H3;/q;;;;+1/p-1. The molecule has 0 amide bonds. The number of nitrogens with zero attached hydrogens (tertiary/aromatic N) is 3. The fraction of sp³-hybridized carbons (Fsp3) is 0.778. The molecule has 0 spiro atoms. The Kier molecular flexibility index (Phi) is 14.5. The first-order valence-electron chi connectivity index (χ1n) is 12.9. The average molecular weight is 554 g/mol. The van der Waals surface area contributed by atoms with E-state index in [-0.39, 0.29) is 0 Å². The number of hydrogen-bond acceptors (Lipinski definition) is 4. The molecule has 0 unspecified atom stereocenters. The minimum absolute atomic E-state index is 0.939. The molecule has 5 heteroatoms. The van der Waals surface area contributed by atoms with Gasteiger partial charge in [0.05, 0.1) is 0 Å². The normalized spacial score (nSPS) is 12.4. The Morgan fingerprint density at radius 2 is 1.00 bits per heavy atom. The van der Waals surface area contributed by atoms with Gasteiger partial charge in [0.25, 0.3) is 0 Å². The predicted octanol–water partition coefficient (Wildman–Crippen LogP) is 6.60. The minimum atomic E-state index is -2.79. The summed E-state index contributed by atoms with van der Waals surface area (Å²) < 4.78 is 11.6. The van der Waals surface area contributed by atoms with Crippen molar-refractivity contribution in [1.29, 1.82) is 0 Å². The van der Waals surface area contributed by atoms with Crippen molar-refractivity contribution in [1.82, 2.24) is 14.7 Å². The summed E-state index contributed by atoms with van der Waals surface area (Å²) in [6, 6.07) is 4.84. The molecule has 4 nitrogen and oxygen atoms in total. The van der Waals surface area contributed by atoms with Crippen LogP contribution in [0.4, 0.5) is 0 Å². The second kappa shape index (κ2) is 15.6. The molecule has 0 saturated heterocycles. The fourth-order valence-corrected chi connectivity index (χ4v) is 18.1. The molecular weight excluding hydrogens is 501 g/mol. The zero-order valence-corrected chi connectivity index (χ0v) is 25.7. The van der Waals surface area contributed by atoms with Crippen LogP contribution in [0.25, 0.3) is 0 Å². The van der Waals surface area contributed by atoms with Gasteiger partial charge in [-0.3, -0.25) is 0 Å². The third-order valence-electron chi connectivity index (χ3n) is 6.05. The Morgan fingerprint density at radius 1 is 0.625 bits per heavy atom. The topological polar surface area (TPSA) is 19.0 Å². The molecule has 0 atom stereocenters. The first kappa shape index (κ1) is 29.7. The second-order valence-corrected chi connectivity index (χ2v) is 22.2. The van der Waals surface area contributed by atoms with Gasteiger partial charge in [-0.15, -0.1) is 0 Å². The van der Waals surface area contributed by atoms with Crippen LogP contribution in [0.15, 0.2) is 12.1 Å². The Bertz CT molecular complexity index is 593. The fourth-order valence-electron chi connectivity index (χ4n) is 4.57. The van der Waals surface area contributed by atoms with Gasteiger partial charge in [-0.1, -0.05) is 0 Å². The summed E-state index contributed by atoms with van der Waals surface area (Å²) >= 11 is -2.79. The molecule has 0 aromatic heterocycles. The maximum absolute atomic E-state index is 7.48. The van der Waals surface area contributed by atoms with Gasteiger partial charge >= 0.3 is 206 Å². The van der Waals surface area contributed by atoms with E-state index >= 15 is 0 Å². The summed E-state index contributed by atoms with van der Waals surface area (Å²) in [5.41, 5.74) is 4.17. The van der Waals surface area contributed by atoms with Crippen LogP contribution in [0.2, 0.25) is 13.3 Å². The number of hydrogen-bond donors (Lipinski definition) is 0. The van der Waals surface area contributed by atoms with Crippen molar-refractivity contribution < 1.29 is 3.07 Å². The van der Waals surface area contributed by atoms with Crippen LogP contribution in [0.3, 0.4) is 0 Å². The van der Waals surface area contributed by atoms with Gasteiger partial charge in [-0.2, -0.15) is 0 Å². The van der Waals surface area contributed by atoms with Crippen molar-refractivity contribution in [3.8, 4) is 5.75 Å². The van der Waals surface area contributed by atoms with E-state index in [2.05, 4.69) is 89.9 Å². The molecule has 0 aliphatic carbocycles. The summed E-state index contributed by atoms with van der Waals surface area (Å²) in [6.45, 7) is 9.85. The van der Waals surface area contributed by atoms with E-state index in [9.17, 15) is 0 Å². The predicted molar refractivity (Wildman–Crippen MR) is 144 cm³/mol. The summed E-state index contributed by atoms with van der Waals surface area (Å²) in [5.74, 6) is 1.24. The van der Waals surface area contributed by atoms with Gasteiger partial charge in [-0.05, 0) is 0 Å². The zero-order valence-electron chi connectivity index (χ0n) is 22.9. The Balaban J connectivity index is 3.56. The third-order valence-corrected chi connectivity index (χ3v) is 18.7.